The summed E-state index contributed by atoms with van der Waals surface area (Å²) >= 11 is 0. The number of nitrogens with zero attached hydrogens (tertiary/aromatic N) is 3. The van der Waals surface area contributed by atoms with Gasteiger partial charge in [-0.3, -0.25) is 14.6 Å². The van der Waals surface area contributed by atoms with Gasteiger partial charge in [-0.2, -0.15) is 0 Å². The Morgan fingerprint density at radius 1 is 1.23 bits per heavy atom. The largest absolute Gasteiger partial charge is 0.512 e. The van der Waals surface area contributed by atoms with Gasteiger partial charge in [-0.25, -0.2) is 5.26 Å². The summed E-state index contributed by atoms with van der Waals surface area (Å²) in [6, 6.07) is 11.2. The fourth-order valence-electron chi connectivity index (χ4n) is 6.04. The molecule has 0 bridgehead atoms. The molecule has 0 saturated carbocycles. The molecule has 2 aromatic rings. The molecule has 1 aromatic heterocycles. The number of fused-ring (bicyclic) bond motifs is 3. The Kier molecular flexibility index (Phi) is 10.7. The summed E-state index contributed by atoms with van der Waals surface area (Å²) in [5.41, 5.74) is 4.86. The van der Waals surface area contributed by atoms with Crippen LogP contribution in [-0.2, 0) is 25.9 Å². The number of ketones is 1. The molecule has 0 spiro atoms. The summed E-state index contributed by atoms with van der Waals surface area (Å²) in [5.74, 6) is 1.18. The maximum absolute atomic E-state index is 10.0. The number of carbonyl (C=O) groups is 1. The molecular formula is C28H33BN3O2Pt-. The molecule has 0 saturated heterocycles. The fourth-order valence-corrected chi connectivity index (χ4v) is 6.04. The summed E-state index contributed by atoms with van der Waals surface area (Å²) in [4.78, 5) is 18.5. The third-order valence-electron chi connectivity index (χ3n) is 6.91. The van der Waals surface area contributed by atoms with Crippen molar-refractivity contribution in [3.05, 3.63) is 59.3 Å². The Labute approximate surface area is 224 Å². The quantitative estimate of drug-likeness (QED) is 0.197. The van der Waals surface area contributed by atoms with Gasteiger partial charge in [0.1, 0.15) is 5.69 Å². The molecular weight excluding hydrogens is 616 g/mol. The topological polar surface area (TPSA) is 78.3 Å². The van der Waals surface area contributed by atoms with Crippen molar-refractivity contribution in [1.82, 2.24) is 4.98 Å². The number of rotatable bonds is 5. The van der Waals surface area contributed by atoms with E-state index in [1.807, 2.05) is 6.07 Å². The number of hydrogen-bond acceptors (Lipinski definition) is 4. The van der Waals surface area contributed by atoms with Gasteiger partial charge >= 0.3 is 0 Å². The van der Waals surface area contributed by atoms with Crippen molar-refractivity contribution in [2.45, 2.75) is 60.7 Å². The van der Waals surface area contributed by atoms with E-state index in [0.717, 1.165) is 16.7 Å². The van der Waals surface area contributed by atoms with Crippen LogP contribution in [0.5, 0.6) is 0 Å². The average Bonchev–Trinajstić information content (AvgIpc) is 3.07. The third-order valence-corrected chi connectivity index (χ3v) is 6.91. The van der Waals surface area contributed by atoms with Crippen LogP contribution >= 0.6 is 0 Å². The predicted molar refractivity (Wildman–Crippen MR) is 139 cm³/mol. The minimum Gasteiger partial charge on any atom is -0.512 e. The minimum atomic E-state index is -0.125. The van der Waals surface area contributed by atoms with Crippen molar-refractivity contribution in [3.8, 4) is 17.3 Å². The zero-order valence-electron chi connectivity index (χ0n) is 21.7. The molecule has 2 heterocycles. The summed E-state index contributed by atoms with van der Waals surface area (Å²) in [7, 11) is 0. The maximum Gasteiger partial charge on any atom is 0.155 e. The summed E-state index contributed by atoms with van der Waals surface area (Å²) < 4.78 is 0. The molecule has 0 atom stereocenters. The molecule has 3 rings (SSSR count). The zero-order chi connectivity index (χ0) is 25.8. The average molecular weight is 649 g/mol. The number of allylic oxidation sites excluding steroid dienone is 2. The van der Waals surface area contributed by atoms with E-state index in [1.165, 1.54) is 25.4 Å². The third kappa shape index (κ3) is 5.77. The van der Waals surface area contributed by atoms with E-state index >= 15 is 0 Å². The van der Waals surface area contributed by atoms with Gasteiger partial charge in [0.15, 0.2) is 12.5 Å². The van der Waals surface area contributed by atoms with Crippen LogP contribution in [-0.4, -0.2) is 22.6 Å². The Hall–Kier alpha value is -2.69. The van der Waals surface area contributed by atoms with Gasteiger partial charge < -0.3 is 5.11 Å². The summed E-state index contributed by atoms with van der Waals surface area (Å²) in [6.45, 7) is 24.5. The first-order chi connectivity index (χ1) is 15.9. The van der Waals surface area contributed by atoms with Gasteiger partial charge in [-0.15, -0.1) is 23.2 Å². The van der Waals surface area contributed by atoms with Crippen molar-refractivity contribution in [2.24, 2.45) is 17.8 Å². The van der Waals surface area contributed by atoms with Crippen LogP contribution in [0, 0.1) is 41.7 Å². The van der Waals surface area contributed by atoms with Crippen LogP contribution in [0.4, 0.5) is 5.69 Å². The maximum atomic E-state index is 10.0. The molecule has 1 aromatic carbocycles. The van der Waals surface area contributed by atoms with E-state index in [0.29, 0.717) is 29.0 Å². The molecule has 5 nitrogen and oxygen atoms in total. The Morgan fingerprint density at radius 2 is 1.80 bits per heavy atom. The van der Waals surface area contributed by atoms with Gasteiger partial charge in [0.2, 0.25) is 0 Å². The van der Waals surface area contributed by atoms with Gasteiger partial charge in [0.05, 0.1) is 12.3 Å². The first kappa shape index (κ1) is 30.3. The fraction of sp³-hybridized carbons (Fsp3) is 0.429. The van der Waals surface area contributed by atoms with Crippen molar-refractivity contribution >= 4 is 29.1 Å². The van der Waals surface area contributed by atoms with Crippen LogP contribution in [0.1, 0.15) is 61.0 Å². The van der Waals surface area contributed by atoms with Crippen molar-refractivity contribution in [2.75, 3.05) is 0 Å². The number of aromatic nitrogens is 1. The van der Waals surface area contributed by atoms with Gasteiger partial charge in [0, 0.05) is 33.3 Å². The number of nitriles is 1. The Balaban J connectivity index is 0.000000672. The standard InChI is InChI=1S/C23H25BN3.C5H8O2.Pt/c1-14(2)23(15(3)4,16(5)6)24-19-9-8-10-27-22(19)18-11-17(13-25)12-20(26-7)21(18)24;1-4(6)3-5(2)7;/h8-10,12,14-16H,1-6H3;3,6H,1-2H3;/q-1;;/b;4-3-;. The molecule has 1 aliphatic rings. The smallest absolute Gasteiger partial charge is 0.155 e. The molecule has 35 heavy (non-hydrogen) atoms. The monoisotopic (exact) mass is 649 g/mol. The van der Waals surface area contributed by atoms with Gasteiger partial charge in [-0.05, 0) is 54.7 Å². The van der Waals surface area contributed by atoms with E-state index < -0.39 is 0 Å². The molecule has 1 N–H and O–H groups in total. The Bertz CT molecular complexity index is 1160. The number of aliphatic hydroxyl groups is 1. The van der Waals surface area contributed by atoms with E-state index in [4.69, 9.17) is 11.7 Å². The number of hydrogen-bond donors (Lipinski definition) is 1. The molecule has 0 fully saturated rings. The van der Waals surface area contributed by atoms with Gasteiger partial charge in [0.25, 0.3) is 0 Å². The second-order valence-corrected chi connectivity index (χ2v) is 9.82. The number of aliphatic hydroxyl groups excluding tert-OH is 1. The van der Waals surface area contributed by atoms with E-state index in [1.54, 1.807) is 12.3 Å². The first-order valence-corrected chi connectivity index (χ1v) is 11.6. The van der Waals surface area contributed by atoms with Crippen LogP contribution in [0.15, 0.2) is 36.2 Å². The predicted octanol–water partition coefficient (Wildman–Crippen LogP) is 5.64. The summed E-state index contributed by atoms with van der Waals surface area (Å²) in [5, 5.41) is 17.7. The molecule has 0 radical (unpaired) electrons. The minimum absolute atomic E-state index is 0. The van der Waals surface area contributed by atoms with Crippen molar-refractivity contribution < 1.29 is 31.0 Å². The van der Waals surface area contributed by atoms with E-state index in [2.05, 4.69) is 69.6 Å². The molecule has 1 aliphatic heterocycles. The normalized spacial score (nSPS) is 12.3. The second-order valence-electron chi connectivity index (χ2n) is 9.82. The Morgan fingerprint density at radius 3 is 2.20 bits per heavy atom. The molecule has 0 unspecified atom stereocenters. The first-order valence-electron chi connectivity index (χ1n) is 11.6. The van der Waals surface area contributed by atoms with Crippen LogP contribution in [0.25, 0.3) is 16.1 Å². The second kappa shape index (κ2) is 12.3. The number of pyridine rings is 1. The van der Waals surface area contributed by atoms with E-state index in [-0.39, 0.29) is 44.6 Å². The van der Waals surface area contributed by atoms with Crippen molar-refractivity contribution in [3.63, 3.8) is 0 Å². The molecule has 0 amide bonds. The van der Waals surface area contributed by atoms with Crippen LogP contribution in [0.2, 0.25) is 5.31 Å². The van der Waals surface area contributed by atoms with E-state index in [9.17, 15) is 10.1 Å². The van der Waals surface area contributed by atoms with Crippen LogP contribution in [0.3, 0.4) is 0 Å². The molecule has 186 valence electrons. The SMILES string of the molecule is CC(=O)/C=C(/C)O.[C-]#[N+]c1cc(C#N)[c-]c2c1B(C(C(C)C)(C(C)C)C(C)C)c1cccnc1-2.[Pt]. The summed E-state index contributed by atoms with van der Waals surface area (Å²) in [6.07, 6.45) is 2.96. The zero-order valence-corrected chi connectivity index (χ0v) is 24.0. The van der Waals surface area contributed by atoms with Crippen molar-refractivity contribution in [1.29, 1.82) is 5.26 Å². The van der Waals surface area contributed by atoms with Gasteiger partial charge in [-0.1, -0.05) is 58.6 Å². The van der Waals surface area contributed by atoms with Crippen LogP contribution < -0.4 is 10.9 Å². The number of benzene rings is 1. The molecule has 7 heteroatoms. The molecule has 0 aliphatic carbocycles. The number of carbonyl (C=O) groups excluding carboxylic acids is 1.